The Morgan fingerprint density at radius 3 is 2.46 bits per heavy atom. The van der Waals surface area contributed by atoms with E-state index in [1.54, 1.807) is 0 Å². The van der Waals surface area contributed by atoms with Gasteiger partial charge < -0.3 is 9.47 Å². The fourth-order valence-electron chi connectivity index (χ4n) is 0.554. The summed E-state index contributed by atoms with van der Waals surface area (Å²) in [5.41, 5.74) is -0.0101. The summed E-state index contributed by atoms with van der Waals surface area (Å²) in [6.07, 6.45) is 1.13. The van der Waals surface area contributed by atoms with Gasteiger partial charge in [-0.05, 0) is 11.8 Å². The first kappa shape index (κ1) is 12.3. The van der Waals surface area contributed by atoms with Gasteiger partial charge >= 0.3 is 6.16 Å². The molecule has 0 amide bonds. The Morgan fingerprint density at radius 2 is 2.00 bits per heavy atom. The Kier molecular flexibility index (Phi) is 5.51. The zero-order valence-electron chi connectivity index (χ0n) is 8.92. The summed E-state index contributed by atoms with van der Waals surface area (Å²) in [6.45, 7) is 9.86. The van der Waals surface area contributed by atoms with Crippen LogP contribution in [0.4, 0.5) is 4.79 Å². The summed E-state index contributed by atoms with van der Waals surface area (Å²) in [4.78, 5) is 10.9. The molecule has 0 rings (SSSR count). The van der Waals surface area contributed by atoms with Crippen LogP contribution >= 0.6 is 0 Å². The highest BCUT2D eigenvalue weighted by Crippen LogP contribution is 2.13. The van der Waals surface area contributed by atoms with E-state index < -0.39 is 6.16 Å². The molecule has 0 spiro atoms. The van der Waals surface area contributed by atoms with Gasteiger partial charge in [0, 0.05) is 0 Å². The van der Waals surface area contributed by atoms with Gasteiger partial charge in [0.1, 0.15) is 6.61 Å². The van der Waals surface area contributed by atoms with Gasteiger partial charge in [0.2, 0.25) is 0 Å². The minimum absolute atomic E-state index is 0.0101. The summed E-state index contributed by atoms with van der Waals surface area (Å²) in [5.74, 6) is 0. The molecule has 0 aliphatic heterocycles. The van der Waals surface area contributed by atoms with Gasteiger partial charge in [-0.1, -0.05) is 34.1 Å². The van der Waals surface area contributed by atoms with Gasteiger partial charge in [-0.3, -0.25) is 0 Å². The van der Waals surface area contributed by atoms with E-state index >= 15 is 0 Å². The Balaban J connectivity index is 3.41. The predicted molar refractivity (Wildman–Crippen MR) is 51.1 cm³/mol. The van der Waals surface area contributed by atoms with Crippen molar-refractivity contribution in [1.29, 1.82) is 0 Å². The average molecular weight is 187 g/mol. The molecule has 0 aromatic heterocycles. The number of unbranched alkanes of at least 4 members (excludes halogenated alkanes) is 1. The number of rotatable bonds is 4. The SMILES string of the molecule is CCC[CH]OC(=O)OCC(C)(C)C. The van der Waals surface area contributed by atoms with E-state index in [1.807, 2.05) is 27.7 Å². The number of hydrogen-bond acceptors (Lipinski definition) is 3. The number of hydrogen-bond donors (Lipinski definition) is 0. The standard InChI is InChI=1S/C10H19O3/c1-5-6-7-12-9(11)13-8-10(2,3)4/h7H,5-6,8H2,1-4H3. The van der Waals surface area contributed by atoms with E-state index in [-0.39, 0.29) is 5.41 Å². The minimum atomic E-state index is -0.608. The van der Waals surface area contributed by atoms with Crippen LogP contribution in [0.2, 0.25) is 0 Å². The van der Waals surface area contributed by atoms with E-state index in [2.05, 4.69) is 0 Å². The maximum absolute atomic E-state index is 10.9. The molecule has 0 aromatic carbocycles. The molecule has 3 nitrogen and oxygen atoms in total. The molecule has 0 saturated heterocycles. The topological polar surface area (TPSA) is 35.5 Å². The van der Waals surface area contributed by atoms with Crippen LogP contribution in [-0.4, -0.2) is 12.8 Å². The van der Waals surface area contributed by atoms with E-state index in [9.17, 15) is 4.79 Å². The maximum atomic E-state index is 10.9. The average Bonchev–Trinajstić information content (AvgIpc) is 2.00. The summed E-state index contributed by atoms with van der Waals surface area (Å²) >= 11 is 0. The third kappa shape index (κ3) is 9.18. The molecule has 3 heteroatoms. The molecule has 0 unspecified atom stereocenters. The van der Waals surface area contributed by atoms with Gasteiger partial charge in [0.15, 0.2) is 0 Å². The Bertz CT molecular complexity index is 147. The van der Waals surface area contributed by atoms with Crippen LogP contribution < -0.4 is 0 Å². The van der Waals surface area contributed by atoms with Crippen LogP contribution in [0.5, 0.6) is 0 Å². The molecule has 0 saturated carbocycles. The highest BCUT2D eigenvalue weighted by molar-refractivity contribution is 5.60. The molecular weight excluding hydrogens is 168 g/mol. The van der Waals surface area contributed by atoms with Crippen molar-refractivity contribution < 1.29 is 14.3 Å². The third-order valence-electron chi connectivity index (χ3n) is 1.21. The van der Waals surface area contributed by atoms with Crippen LogP contribution in [0.3, 0.4) is 0 Å². The van der Waals surface area contributed by atoms with E-state index in [0.29, 0.717) is 6.61 Å². The zero-order chi connectivity index (χ0) is 10.3. The zero-order valence-corrected chi connectivity index (χ0v) is 8.92. The second kappa shape index (κ2) is 5.84. The molecule has 77 valence electrons. The van der Waals surface area contributed by atoms with Crippen LogP contribution in [0.1, 0.15) is 40.5 Å². The van der Waals surface area contributed by atoms with E-state index in [0.717, 1.165) is 12.8 Å². The minimum Gasteiger partial charge on any atom is -0.434 e. The lowest BCUT2D eigenvalue weighted by Gasteiger charge is -2.17. The van der Waals surface area contributed by atoms with Crippen LogP contribution in [0.25, 0.3) is 0 Å². The maximum Gasteiger partial charge on any atom is 0.508 e. The lowest BCUT2D eigenvalue weighted by Crippen LogP contribution is -2.18. The first-order chi connectivity index (χ1) is 5.95. The van der Waals surface area contributed by atoms with E-state index in [1.165, 1.54) is 6.61 Å². The summed E-state index contributed by atoms with van der Waals surface area (Å²) < 4.78 is 9.55. The lowest BCUT2D eigenvalue weighted by atomic mass is 9.99. The van der Waals surface area contributed by atoms with Crippen LogP contribution in [-0.2, 0) is 9.47 Å². The largest absolute Gasteiger partial charge is 0.508 e. The summed E-state index contributed by atoms with van der Waals surface area (Å²) in [7, 11) is 0. The van der Waals surface area contributed by atoms with Crippen molar-refractivity contribution in [2.75, 3.05) is 6.61 Å². The van der Waals surface area contributed by atoms with Crippen LogP contribution in [0.15, 0.2) is 0 Å². The number of ether oxygens (including phenoxy) is 2. The smallest absolute Gasteiger partial charge is 0.434 e. The fourth-order valence-corrected chi connectivity index (χ4v) is 0.554. The van der Waals surface area contributed by atoms with Gasteiger partial charge in [-0.2, -0.15) is 0 Å². The van der Waals surface area contributed by atoms with Crippen molar-refractivity contribution in [2.24, 2.45) is 5.41 Å². The first-order valence-electron chi connectivity index (χ1n) is 4.61. The molecule has 0 aliphatic carbocycles. The second-order valence-electron chi connectivity index (χ2n) is 4.17. The molecular formula is C10H19O3. The number of carbonyl (C=O) groups excluding carboxylic acids is 1. The van der Waals surface area contributed by atoms with Gasteiger partial charge in [-0.15, -0.1) is 0 Å². The second-order valence-corrected chi connectivity index (χ2v) is 4.17. The van der Waals surface area contributed by atoms with Crippen molar-refractivity contribution in [3.8, 4) is 0 Å². The Labute approximate surface area is 80.4 Å². The first-order valence-corrected chi connectivity index (χ1v) is 4.61. The van der Waals surface area contributed by atoms with Gasteiger partial charge in [0.25, 0.3) is 0 Å². The Morgan fingerprint density at radius 1 is 1.38 bits per heavy atom. The molecule has 0 aliphatic rings. The predicted octanol–water partition coefficient (Wildman–Crippen LogP) is 3.15. The van der Waals surface area contributed by atoms with Crippen molar-refractivity contribution in [1.82, 2.24) is 0 Å². The monoisotopic (exact) mass is 187 g/mol. The summed E-state index contributed by atoms with van der Waals surface area (Å²) in [5, 5.41) is 0. The molecule has 0 bridgehead atoms. The van der Waals surface area contributed by atoms with Crippen molar-refractivity contribution in [3.63, 3.8) is 0 Å². The van der Waals surface area contributed by atoms with Crippen molar-refractivity contribution >= 4 is 6.16 Å². The highest BCUT2D eigenvalue weighted by atomic mass is 16.7. The van der Waals surface area contributed by atoms with Gasteiger partial charge in [-0.25, -0.2) is 4.79 Å². The fraction of sp³-hybridized carbons (Fsp3) is 0.800. The quantitative estimate of drug-likeness (QED) is 0.501. The third-order valence-corrected chi connectivity index (χ3v) is 1.21. The van der Waals surface area contributed by atoms with Crippen LogP contribution in [0, 0.1) is 12.0 Å². The highest BCUT2D eigenvalue weighted by Gasteiger charge is 2.14. The van der Waals surface area contributed by atoms with E-state index in [4.69, 9.17) is 9.47 Å². The molecule has 0 aromatic rings. The molecule has 0 heterocycles. The molecule has 0 atom stereocenters. The normalized spacial score (nSPS) is 11.1. The lowest BCUT2D eigenvalue weighted by molar-refractivity contribution is 0.0469. The summed E-state index contributed by atoms with van der Waals surface area (Å²) in [6, 6.07) is 0. The van der Waals surface area contributed by atoms with Gasteiger partial charge in [0.05, 0.1) is 6.61 Å². The molecule has 0 N–H and O–H groups in total. The number of carbonyl (C=O) groups is 1. The molecule has 1 radical (unpaired) electrons. The molecule has 13 heavy (non-hydrogen) atoms. The Hall–Kier alpha value is -0.730. The van der Waals surface area contributed by atoms with Crippen molar-refractivity contribution in [3.05, 3.63) is 6.61 Å². The molecule has 0 fully saturated rings. The van der Waals surface area contributed by atoms with Crippen molar-refractivity contribution in [2.45, 2.75) is 40.5 Å².